The monoisotopic (exact) mass is 373 g/mol. The van der Waals surface area contributed by atoms with Crippen molar-refractivity contribution < 1.29 is 9.90 Å². The molecule has 116 valence electrons. The largest absolute Gasteiger partial charge is 0.481 e. The predicted molar refractivity (Wildman–Crippen MR) is 88.6 cm³/mol. The highest BCUT2D eigenvalue weighted by Gasteiger charge is 2.40. The Morgan fingerprint density at radius 3 is 2.62 bits per heavy atom. The van der Waals surface area contributed by atoms with Crippen molar-refractivity contribution in [3.8, 4) is 0 Å². The highest BCUT2D eigenvalue weighted by Crippen LogP contribution is 2.37. The molecular weight excluding hydrogens is 354 g/mol. The van der Waals surface area contributed by atoms with Gasteiger partial charge >= 0.3 is 5.97 Å². The van der Waals surface area contributed by atoms with Crippen LogP contribution in [0.3, 0.4) is 0 Å². The molecule has 1 aromatic rings. The highest BCUT2D eigenvalue weighted by molar-refractivity contribution is 9.10. The zero-order valence-electron chi connectivity index (χ0n) is 12.2. The Labute approximate surface area is 139 Å². The van der Waals surface area contributed by atoms with Crippen LogP contribution in [0.2, 0.25) is 5.02 Å². The first-order valence-electron chi connectivity index (χ1n) is 7.36. The number of benzene rings is 1. The summed E-state index contributed by atoms with van der Waals surface area (Å²) in [5, 5.41) is 10.2. The highest BCUT2D eigenvalue weighted by atomic mass is 79.9. The van der Waals surface area contributed by atoms with E-state index in [1.807, 2.05) is 18.2 Å². The average molecular weight is 375 g/mol. The molecule has 3 nitrogen and oxygen atoms in total. The molecule has 0 aromatic heterocycles. The molecule has 1 aliphatic heterocycles. The third-order valence-corrected chi connectivity index (χ3v) is 5.38. The van der Waals surface area contributed by atoms with Crippen LogP contribution in [0.5, 0.6) is 0 Å². The van der Waals surface area contributed by atoms with E-state index in [1.165, 1.54) is 5.56 Å². The van der Waals surface area contributed by atoms with Crippen LogP contribution >= 0.6 is 27.5 Å². The van der Waals surface area contributed by atoms with Crippen LogP contribution < -0.4 is 0 Å². The van der Waals surface area contributed by atoms with Crippen LogP contribution in [0.15, 0.2) is 22.7 Å². The molecule has 0 spiro atoms. The second kappa shape index (κ2) is 7.12. The molecule has 1 aromatic carbocycles. The molecular formula is C16H21BrClNO2. The van der Waals surface area contributed by atoms with E-state index in [9.17, 15) is 9.90 Å². The number of halogens is 2. The van der Waals surface area contributed by atoms with Crippen molar-refractivity contribution in [1.82, 2.24) is 4.90 Å². The summed E-state index contributed by atoms with van der Waals surface area (Å²) in [5.74, 6) is -0.628. The number of piperidine rings is 1. The van der Waals surface area contributed by atoms with Crippen LogP contribution in [0, 0.1) is 5.41 Å². The molecule has 1 N–H and O–H groups in total. The fourth-order valence-corrected chi connectivity index (χ4v) is 3.89. The summed E-state index contributed by atoms with van der Waals surface area (Å²) >= 11 is 9.50. The molecule has 21 heavy (non-hydrogen) atoms. The summed E-state index contributed by atoms with van der Waals surface area (Å²) in [4.78, 5) is 13.9. The zero-order chi connectivity index (χ0) is 15.5. The van der Waals surface area contributed by atoms with Gasteiger partial charge in [0.15, 0.2) is 0 Å². The smallest absolute Gasteiger partial charge is 0.309 e. The molecule has 0 amide bonds. The van der Waals surface area contributed by atoms with Gasteiger partial charge in [0, 0.05) is 16.0 Å². The Morgan fingerprint density at radius 2 is 2.10 bits per heavy atom. The van der Waals surface area contributed by atoms with E-state index in [0.29, 0.717) is 0 Å². The number of carbonyl (C=O) groups is 1. The van der Waals surface area contributed by atoms with E-state index in [1.54, 1.807) is 0 Å². The van der Waals surface area contributed by atoms with Crippen LogP contribution in [0.4, 0.5) is 0 Å². The zero-order valence-corrected chi connectivity index (χ0v) is 14.6. The summed E-state index contributed by atoms with van der Waals surface area (Å²) in [7, 11) is 0. The van der Waals surface area contributed by atoms with Crippen molar-refractivity contribution in [3.63, 3.8) is 0 Å². The van der Waals surface area contributed by atoms with E-state index < -0.39 is 11.4 Å². The van der Waals surface area contributed by atoms with Crippen molar-refractivity contribution >= 4 is 33.5 Å². The topological polar surface area (TPSA) is 40.5 Å². The Hall–Kier alpha value is -0.580. The fourth-order valence-electron chi connectivity index (χ4n) is 3.08. The number of nitrogens with zero attached hydrogens (tertiary/aromatic N) is 1. The van der Waals surface area contributed by atoms with E-state index in [-0.39, 0.29) is 0 Å². The van der Waals surface area contributed by atoms with Gasteiger partial charge < -0.3 is 5.11 Å². The molecule has 1 fully saturated rings. The Kier molecular flexibility index (Phi) is 5.69. The summed E-state index contributed by atoms with van der Waals surface area (Å²) in [6.07, 6.45) is 3.18. The first kappa shape index (κ1) is 16.8. The van der Waals surface area contributed by atoms with Gasteiger partial charge in [-0.2, -0.15) is 0 Å². The van der Waals surface area contributed by atoms with E-state index >= 15 is 0 Å². The van der Waals surface area contributed by atoms with Gasteiger partial charge in [-0.05, 0) is 50.0 Å². The third-order valence-electron chi connectivity index (χ3n) is 4.40. The SMILES string of the molecule is CCCC1(C(=O)O)CCN(Cc2ccc(Cl)cc2Br)CC1. The number of likely N-dealkylation sites (tertiary alicyclic amines) is 1. The van der Waals surface area contributed by atoms with Crippen LogP contribution in [0.1, 0.15) is 38.2 Å². The molecule has 0 unspecified atom stereocenters. The molecule has 2 rings (SSSR count). The summed E-state index contributed by atoms with van der Waals surface area (Å²) in [6.45, 7) is 4.56. The molecule has 0 atom stereocenters. The van der Waals surface area contributed by atoms with Crippen molar-refractivity contribution in [2.75, 3.05) is 13.1 Å². The first-order valence-corrected chi connectivity index (χ1v) is 8.53. The first-order chi connectivity index (χ1) is 9.97. The molecule has 1 saturated heterocycles. The van der Waals surface area contributed by atoms with Crippen LogP contribution in [-0.2, 0) is 11.3 Å². The number of rotatable bonds is 5. The van der Waals surface area contributed by atoms with Gasteiger partial charge in [0.05, 0.1) is 5.41 Å². The second-order valence-corrected chi connectivity index (χ2v) is 7.14. The van der Waals surface area contributed by atoms with Gasteiger partial charge in [-0.1, -0.05) is 46.9 Å². The number of aliphatic carboxylic acids is 1. The second-order valence-electron chi connectivity index (χ2n) is 5.85. The standard InChI is InChI=1S/C16H21BrClNO2/c1-2-5-16(15(20)21)6-8-19(9-7-16)11-12-3-4-13(18)10-14(12)17/h3-4,10H,2,5-9,11H2,1H3,(H,20,21). The maximum atomic E-state index is 11.6. The third kappa shape index (κ3) is 3.99. The van der Waals surface area contributed by atoms with E-state index in [4.69, 9.17) is 11.6 Å². The molecule has 0 bridgehead atoms. The molecule has 0 aliphatic carbocycles. The van der Waals surface area contributed by atoms with Gasteiger partial charge in [-0.3, -0.25) is 9.69 Å². The van der Waals surface area contributed by atoms with Crippen molar-refractivity contribution in [2.24, 2.45) is 5.41 Å². The normalized spacial score (nSPS) is 18.6. The number of carboxylic acid groups (broad SMARTS) is 1. The summed E-state index contributed by atoms with van der Waals surface area (Å²) in [5.41, 5.74) is 0.681. The minimum Gasteiger partial charge on any atom is -0.481 e. The lowest BCUT2D eigenvalue weighted by Gasteiger charge is -2.39. The van der Waals surface area contributed by atoms with Crippen molar-refractivity contribution in [1.29, 1.82) is 0 Å². The van der Waals surface area contributed by atoms with Crippen LogP contribution in [-0.4, -0.2) is 29.1 Å². The quantitative estimate of drug-likeness (QED) is 0.820. The van der Waals surface area contributed by atoms with Gasteiger partial charge in [0.1, 0.15) is 0 Å². The van der Waals surface area contributed by atoms with Crippen molar-refractivity contribution in [3.05, 3.63) is 33.3 Å². The predicted octanol–water partition coefficient (Wildman–Crippen LogP) is 4.57. The van der Waals surface area contributed by atoms with E-state index in [0.717, 1.165) is 54.8 Å². The molecule has 5 heteroatoms. The van der Waals surface area contributed by atoms with Gasteiger partial charge in [-0.15, -0.1) is 0 Å². The minimum absolute atomic E-state index is 0.511. The Morgan fingerprint density at radius 1 is 1.43 bits per heavy atom. The maximum Gasteiger partial charge on any atom is 0.309 e. The van der Waals surface area contributed by atoms with E-state index in [2.05, 4.69) is 27.8 Å². The molecule has 0 saturated carbocycles. The van der Waals surface area contributed by atoms with Gasteiger partial charge in [0.2, 0.25) is 0 Å². The number of hydrogen-bond donors (Lipinski definition) is 1. The fraction of sp³-hybridized carbons (Fsp3) is 0.562. The maximum absolute atomic E-state index is 11.6. The summed E-state index contributed by atoms with van der Waals surface area (Å²) in [6, 6.07) is 5.82. The lowest BCUT2D eigenvalue weighted by molar-refractivity contribution is -0.152. The number of hydrogen-bond acceptors (Lipinski definition) is 2. The molecule has 0 radical (unpaired) electrons. The van der Waals surface area contributed by atoms with Crippen molar-refractivity contribution in [2.45, 2.75) is 39.2 Å². The minimum atomic E-state index is -0.628. The Bertz CT molecular complexity index is 513. The van der Waals surface area contributed by atoms with Crippen LogP contribution in [0.25, 0.3) is 0 Å². The lowest BCUT2D eigenvalue weighted by atomic mass is 9.75. The Balaban J connectivity index is 1.99. The molecule has 1 heterocycles. The molecule has 1 aliphatic rings. The van der Waals surface area contributed by atoms with Gasteiger partial charge in [0.25, 0.3) is 0 Å². The lowest BCUT2D eigenvalue weighted by Crippen LogP contribution is -2.44. The number of carboxylic acids is 1. The summed E-state index contributed by atoms with van der Waals surface area (Å²) < 4.78 is 1.01. The van der Waals surface area contributed by atoms with Gasteiger partial charge in [-0.25, -0.2) is 0 Å². The average Bonchev–Trinajstić information content (AvgIpc) is 2.44.